The van der Waals surface area contributed by atoms with Crippen LogP contribution in [0.2, 0.25) is 0 Å². The van der Waals surface area contributed by atoms with Crippen molar-refractivity contribution in [3.8, 4) is 5.69 Å². The van der Waals surface area contributed by atoms with E-state index in [0.29, 0.717) is 12.4 Å². The summed E-state index contributed by atoms with van der Waals surface area (Å²) in [6.07, 6.45) is 1.79. The Bertz CT molecular complexity index is 533. The third kappa shape index (κ3) is 2.51. The van der Waals surface area contributed by atoms with Gasteiger partial charge in [0.25, 0.3) is 0 Å². The van der Waals surface area contributed by atoms with Crippen molar-refractivity contribution in [2.75, 3.05) is 5.32 Å². The molecule has 17 heavy (non-hydrogen) atoms. The molecule has 0 atom stereocenters. The van der Waals surface area contributed by atoms with E-state index in [2.05, 4.69) is 10.4 Å². The summed E-state index contributed by atoms with van der Waals surface area (Å²) in [5.41, 5.74) is 7.59. The maximum absolute atomic E-state index is 10.9. The zero-order chi connectivity index (χ0) is 12.3. The number of nitrogens with one attached hydrogen (secondary N) is 1. The molecule has 0 radical (unpaired) electrons. The fourth-order valence-corrected chi connectivity index (χ4v) is 1.61. The minimum atomic E-state index is -0.137. The SMILES string of the molecule is CC(=O)Nc1ccn(-c2ccccc2CN)n1. The Hall–Kier alpha value is -2.14. The molecule has 2 aromatic rings. The predicted molar refractivity (Wildman–Crippen MR) is 65.8 cm³/mol. The van der Waals surface area contributed by atoms with Crippen molar-refractivity contribution in [2.45, 2.75) is 13.5 Å². The van der Waals surface area contributed by atoms with E-state index in [-0.39, 0.29) is 5.91 Å². The van der Waals surface area contributed by atoms with Gasteiger partial charge in [0.1, 0.15) is 0 Å². The molecule has 0 aliphatic rings. The summed E-state index contributed by atoms with van der Waals surface area (Å²) >= 11 is 0. The van der Waals surface area contributed by atoms with Crippen LogP contribution in [0.4, 0.5) is 5.82 Å². The predicted octanol–water partition coefficient (Wildman–Crippen LogP) is 1.29. The van der Waals surface area contributed by atoms with Crippen LogP contribution >= 0.6 is 0 Å². The standard InChI is InChI=1S/C12H14N4O/c1-9(17)14-12-6-7-16(15-12)11-5-3-2-4-10(11)8-13/h2-7H,8,13H2,1H3,(H,14,15,17). The maximum atomic E-state index is 10.9. The second kappa shape index (κ2) is 4.80. The maximum Gasteiger partial charge on any atom is 0.222 e. The van der Waals surface area contributed by atoms with Crippen molar-refractivity contribution >= 4 is 11.7 Å². The molecule has 5 nitrogen and oxygen atoms in total. The van der Waals surface area contributed by atoms with Crippen LogP contribution in [0.1, 0.15) is 12.5 Å². The Morgan fingerprint density at radius 2 is 2.18 bits per heavy atom. The minimum absolute atomic E-state index is 0.137. The van der Waals surface area contributed by atoms with Crippen molar-refractivity contribution in [1.82, 2.24) is 9.78 Å². The Balaban J connectivity index is 2.33. The van der Waals surface area contributed by atoms with Crippen LogP contribution in [0.15, 0.2) is 36.5 Å². The first kappa shape index (κ1) is 11.3. The lowest BCUT2D eigenvalue weighted by Crippen LogP contribution is -2.08. The second-order valence-electron chi connectivity index (χ2n) is 3.66. The Morgan fingerprint density at radius 3 is 2.88 bits per heavy atom. The van der Waals surface area contributed by atoms with Gasteiger partial charge in [-0.2, -0.15) is 5.10 Å². The Kier molecular flexibility index (Phi) is 3.20. The molecule has 88 valence electrons. The van der Waals surface area contributed by atoms with Crippen LogP contribution in [0, 0.1) is 0 Å². The monoisotopic (exact) mass is 230 g/mol. The molecule has 1 amide bonds. The highest BCUT2D eigenvalue weighted by atomic mass is 16.1. The van der Waals surface area contributed by atoms with Crippen molar-refractivity contribution in [2.24, 2.45) is 5.73 Å². The molecule has 2 rings (SSSR count). The van der Waals surface area contributed by atoms with Gasteiger partial charge in [0.15, 0.2) is 5.82 Å². The largest absolute Gasteiger partial charge is 0.326 e. The van der Waals surface area contributed by atoms with Gasteiger partial charge in [-0.1, -0.05) is 18.2 Å². The second-order valence-corrected chi connectivity index (χ2v) is 3.66. The van der Waals surface area contributed by atoms with E-state index >= 15 is 0 Å². The molecule has 0 fully saturated rings. The highest BCUT2D eigenvalue weighted by molar-refractivity contribution is 5.87. The minimum Gasteiger partial charge on any atom is -0.326 e. The molecule has 1 heterocycles. The van der Waals surface area contributed by atoms with Crippen molar-refractivity contribution in [3.05, 3.63) is 42.1 Å². The number of rotatable bonds is 3. The third-order valence-electron chi connectivity index (χ3n) is 2.35. The molecule has 5 heteroatoms. The van der Waals surface area contributed by atoms with Crippen LogP contribution in [-0.2, 0) is 11.3 Å². The van der Waals surface area contributed by atoms with E-state index < -0.39 is 0 Å². The van der Waals surface area contributed by atoms with Crippen LogP contribution in [0.5, 0.6) is 0 Å². The van der Waals surface area contributed by atoms with Gasteiger partial charge in [-0.3, -0.25) is 4.79 Å². The molecule has 1 aromatic carbocycles. The molecular weight excluding hydrogens is 216 g/mol. The van der Waals surface area contributed by atoms with Gasteiger partial charge in [-0.15, -0.1) is 0 Å². The highest BCUT2D eigenvalue weighted by Crippen LogP contribution is 2.14. The number of carbonyl (C=O) groups is 1. The normalized spacial score (nSPS) is 10.2. The molecule has 3 N–H and O–H groups in total. The van der Waals surface area contributed by atoms with Crippen molar-refractivity contribution < 1.29 is 4.79 Å². The average molecular weight is 230 g/mol. The van der Waals surface area contributed by atoms with Crippen molar-refractivity contribution in [3.63, 3.8) is 0 Å². The first-order chi connectivity index (χ1) is 8.20. The van der Waals surface area contributed by atoms with E-state index in [1.54, 1.807) is 16.9 Å². The number of para-hydroxylation sites is 1. The number of benzene rings is 1. The molecule has 0 saturated heterocycles. The first-order valence-corrected chi connectivity index (χ1v) is 5.32. The number of hydrogen-bond donors (Lipinski definition) is 2. The number of amides is 1. The van der Waals surface area contributed by atoms with E-state index in [4.69, 9.17) is 5.73 Å². The topological polar surface area (TPSA) is 72.9 Å². The number of nitrogens with two attached hydrogens (primary N) is 1. The lowest BCUT2D eigenvalue weighted by Gasteiger charge is -2.06. The molecular formula is C12H14N4O. The number of nitrogens with zero attached hydrogens (tertiary/aromatic N) is 2. The molecule has 0 bridgehead atoms. The summed E-state index contributed by atoms with van der Waals surface area (Å²) in [5.74, 6) is 0.395. The summed E-state index contributed by atoms with van der Waals surface area (Å²) in [6, 6.07) is 9.49. The highest BCUT2D eigenvalue weighted by Gasteiger charge is 2.05. The smallest absolute Gasteiger partial charge is 0.222 e. The van der Waals surface area contributed by atoms with E-state index in [1.807, 2.05) is 24.3 Å². The van der Waals surface area contributed by atoms with Gasteiger partial charge >= 0.3 is 0 Å². The van der Waals surface area contributed by atoms with E-state index in [9.17, 15) is 4.79 Å². The van der Waals surface area contributed by atoms with E-state index in [0.717, 1.165) is 11.3 Å². The molecule has 0 spiro atoms. The quantitative estimate of drug-likeness (QED) is 0.834. The van der Waals surface area contributed by atoms with Gasteiger partial charge in [0.2, 0.25) is 5.91 Å². The number of carbonyl (C=O) groups excluding carboxylic acids is 1. The fourth-order valence-electron chi connectivity index (χ4n) is 1.61. The zero-order valence-electron chi connectivity index (χ0n) is 9.55. The first-order valence-electron chi connectivity index (χ1n) is 5.32. The zero-order valence-corrected chi connectivity index (χ0v) is 9.55. The summed E-state index contributed by atoms with van der Waals surface area (Å²) in [4.78, 5) is 10.9. The lowest BCUT2D eigenvalue weighted by atomic mass is 10.2. The summed E-state index contributed by atoms with van der Waals surface area (Å²) < 4.78 is 1.70. The van der Waals surface area contributed by atoms with Gasteiger partial charge in [0, 0.05) is 25.7 Å². The Labute approximate surface area is 99.2 Å². The third-order valence-corrected chi connectivity index (χ3v) is 2.35. The molecule has 0 aliphatic heterocycles. The summed E-state index contributed by atoms with van der Waals surface area (Å²) in [6.45, 7) is 1.90. The van der Waals surface area contributed by atoms with Gasteiger partial charge in [-0.05, 0) is 11.6 Å². The molecule has 0 unspecified atom stereocenters. The van der Waals surface area contributed by atoms with Gasteiger partial charge in [0.05, 0.1) is 5.69 Å². The van der Waals surface area contributed by atoms with Gasteiger partial charge < -0.3 is 11.1 Å². The van der Waals surface area contributed by atoms with Crippen LogP contribution in [0.25, 0.3) is 5.69 Å². The molecule has 0 aliphatic carbocycles. The number of hydrogen-bond acceptors (Lipinski definition) is 3. The van der Waals surface area contributed by atoms with Gasteiger partial charge in [-0.25, -0.2) is 4.68 Å². The van der Waals surface area contributed by atoms with Crippen molar-refractivity contribution in [1.29, 1.82) is 0 Å². The fraction of sp³-hybridized carbons (Fsp3) is 0.167. The summed E-state index contributed by atoms with van der Waals surface area (Å²) in [7, 11) is 0. The van der Waals surface area contributed by atoms with Crippen LogP contribution < -0.4 is 11.1 Å². The van der Waals surface area contributed by atoms with E-state index in [1.165, 1.54) is 6.92 Å². The number of aromatic nitrogens is 2. The number of anilines is 1. The van der Waals surface area contributed by atoms with Crippen LogP contribution in [-0.4, -0.2) is 15.7 Å². The Morgan fingerprint density at radius 1 is 1.41 bits per heavy atom. The lowest BCUT2D eigenvalue weighted by molar-refractivity contribution is -0.114. The molecule has 0 saturated carbocycles. The average Bonchev–Trinajstić information content (AvgIpc) is 2.76. The molecule has 1 aromatic heterocycles. The summed E-state index contributed by atoms with van der Waals surface area (Å²) in [5, 5.41) is 6.89. The van der Waals surface area contributed by atoms with Crippen LogP contribution in [0.3, 0.4) is 0 Å².